The maximum Gasteiger partial charge on any atom is 0.268 e. The molecule has 1 amide bonds. The summed E-state index contributed by atoms with van der Waals surface area (Å²) in [6.45, 7) is 4.54. The van der Waals surface area contributed by atoms with E-state index in [1.54, 1.807) is 6.08 Å². The monoisotopic (exact) mass is 865 g/mol. The van der Waals surface area contributed by atoms with Crippen LogP contribution in [0.5, 0.6) is 0 Å². The van der Waals surface area contributed by atoms with Crippen LogP contribution in [-0.4, -0.2) is 68.5 Å². The number of nitrogens with zero attached hydrogens (tertiary/aromatic N) is 1. The quantitative estimate of drug-likeness (QED) is 0.0273. The molecule has 0 aliphatic rings. The Labute approximate surface area is 371 Å². The summed E-state index contributed by atoms with van der Waals surface area (Å²) in [6, 6.07) is -0.908. The van der Waals surface area contributed by atoms with Gasteiger partial charge in [-0.25, -0.2) is 0 Å². The molecule has 0 aromatic carbocycles. The molecule has 0 rings (SSSR count). The zero-order valence-electron chi connectivity index (χ0n) is 39.9. The van der Waals surface area contributed by atoms with Crippen LogP contribution >= 0.6 is 7.82 Å². The summed E-state index contributed by atoms with van der Waals surface area (Å²) in [4.78, 5) is 25.3. The molecule has 0 radical (unpaired) electrons. The van der Waals surface area contributed by atoms with E-state index in [4.69, 9.17) is 9.05 Å². The molecule has 0 saturated carbocycles. The van der Waals surface area contributed by atoms with Crippen molar-refractivity contribution in [1.29, 1.82) is 0 Å². The molecule has 3 unspecified atom stereocenters. The van der Waals surface area contributed by atoms with E-state index in [9.17, 15) is 19.4 Å². The van der Waals surface area contributed by atoms with E-state index in [-0.39, 0.29) is 12.5 Å². The van der Waals surface area contributed by atoms with E-state index in [1.807, 2.05) is 27.2 Å². The average Bonchev–Trinajstić information content (AvgIpc) is 3.20. The van der Waals surface area contributed by atoms with Crippen LogP contribution in [0.2, 0.25) is 0 Å². The molecule has 3 atom stereocenters. The van der Waals surface area contributed by atoms with Gasteiger partial charge < -0.3 is 28.8 Å². The lowest BCUT2D eigenvalue weighted by molar-refractivity contribution is -0.870. The average molecular weight is 865 g/mol. The third kappa shape index (κ3) is 44.5. The molecule has 0 fully saturated rings. The van der Waals surface area contributed by atoms with Crippen LogP contribution in [0.15, 0.2) is 48.6 Å². The van der Waals surface area contributed by atoms with Gasteiger partial charge in [0.25, 0.3) is 7.82 Å². The third-order valence-corrected chi connectivity index (χ3v) is 11.9. The fraction of sp³-hybridized carbons (Fsp3) is 0.824. The lowest BCUT2D eigenvalue weighted by Gasteiger charge is -2.29. The van der Waals surface area contributed by atoms with Gasteiger partial charge in [0.2, 0.25) is 5.91 Å². The number of phosphoric acid groups is 1. The molecular formula is C51H97N2O6P. The first-order valence-corrected chi connectivity index (χ1v) is 26.5. The molecule has 60 heavy (non-hydrogen) atoms. The number of phosphoric ester groups is 1. The number of likely N-dealkylation sites (N-methyl/N-ethyl adjacent to an activating group) is 1. The summed E-state index contributed by atoms with van der Waals surface area (Å²) >= 11 is 0. The van der Waals surface area contributed by atoms with Crippen LogP contribution in [0, 0.1) is 0 Å². The van der Waals surface area contributed by atoms with Crippen molar-refractivity contribution < 1.29 is 32.9 Å². The summed E-state index contributed by atoms with van der Waals surface area (Å²) in [5.74, 6) is -0.214. The number of nitrogens with one attached hydrogen (secondary N) is 1. The lowest BCUT2D eigenvalue weighted by Crippen LogP contribution is -2.45. The fourth-order valence-electron chi connectivity index (χ4n) is 7.01. The van der Waals surface area contributed by atoms with Gasteiger partial charge in [-0.15, -0.1) is 0 Å². The van der Waals surface area contributed by atoms with Crippen molar-refractivity contribution in [2.24, 2.45) is 0 Å². The Kier molecular flexibility index (Phi) is 41.6. The number of carbonyl (C=O) groups excluding carboxylic acids is 1. The van der Waals surface area contributed by atoms with Crippen LogP contribution in [0.3, 0.4) is 0 Å². The van der Waals surface area contributed by atoms with E-state index in [0.29, 0.717) is 17.4 Å². The highest BCUT2D eigenvalue weighted by molar-refractivity contribution is 7.45. The second kappa shape index (κ2) is 42.7. The highest BCUT2D eigenvalue weighted by Gasteiger charge is 2.23. The summed E-state index contributed by atoms with van der Waals surface area (Å²) in [7, 11) is 1.23. The molecule has 0 aromatic rings. The Morgan fingerprint density at radius 1 is 0.567 bits per heavy atom. The number of aliphatic hydroxyl groups is 1. The highest BCUT2D eigenvalue weighted by atomic mass is 31.2. The van der Waals surface area contributed by atoms with Crippen LogP contribution in [0.4, 0.5) is 0 Å². The number of rotatable bonds is 45. The van der Waals surface area contributed by atoms with Crippen molar-refractivity contribution in [1.82, 2.24) is 5.32 Å². The van der Waals surface area contributed by atoms with E-state index in [1.165, 1.54) is 148 Å². The molecule has 0 aliphatic carbocycles. The topological polar surface area (TPSA) is 108 Å². The molecule has 2 N–H and O–H groups in total. The Balaban J connectivity index is 4.15. The predicted molar refractivity (Wildman–Crippen MR) is 256 cm³/mol. The number of unbranched alkanes of at least 4 members (excludes halogenated alkanes) is 26. The fourth-order valence-corrected chi connectivity index (χ4v) is 7.73. The van der Waals surface area contributed by atoms with Crippen LogP contribution < -0.4 is 10.2 Å². The first-order valence-electron chi connectivity index (χ1n) is 25.0. The normalized spacial score (nSPS) is 14.6. The zero-order chi connectivity index (χ0) is 44.3. The number of allylic oxidation sites excluding steroid dienone is 7. The molecule has 0 bridgehead atoms. The first kappa shape index (κ1) is 58.5. The SMILES string of the molecule is CCC/C=C/CC/C=C/CC/C=C/C(O)C(COP(=O)([O-])OCC[N+](C)(C)C)NC(=O)CCCCCCCCCCCCC/C=C\CCCCCCCCCCCCCC. The minimum absolute atomic E-state index is 0.00998. The van der Waals surface area contributed by atoms with Gasteiger partial charge in [0, 0.05) is 6.42 Å². The maximum absolute atomic E-state index is 12.9. The molecule has 0 heterocycles. The number of quaternary nitrogens is 1. The largest absolute Gasteiger partial charge is 0.756 e. The number of aliphatic hydroxyl groups excluding tert-OH is 1. The predicted octanol–water partition coefficient (Wildman–Crippen LogP) is 13.8. The van der Waals surface area contributed by atoms with Gasteiger partial charge in [-0.1, -0.05) is 197 Å². The summed E-state index contributed by atoms with van der Waals surface area (Å²) in [5.41, 5.74) is 0. The van der Waals surface area contributed by atoms with E-state index in [0.717, 1.165) is 51.4 Å². The van der Waals surface area contributed by atoms with Gasteiger partial charge in [0.05, 0.1) is 39.9 Å². The first-order chi connectivity index (χ1) is 29.0. The van der Waals surface area contributed by atoms with E-state index in [2.05, 4.69) is 55.6 Å². The minimum Gasteiger partial charge on any atom is -0.756 e. The number of hydrogen-bond donors (Lipinski definition) is 2. The molecule has 0 saturated heterocycles. The van der Waals surface area contributed by atoms with Gasteiger partial charge >= 0.3 is 0 Å². The summed E-state index contributed by atoms with van der Waals surface area (Å²) in [5, 5.41) is 13.7. The van der Waals surface area contributed by atoms with Crippen molar-refractivity contribution in [3.8, 4) is 0 Å². The van der Waals surface area contributed by atoms with Crippen LogP contribution in [0.25, 0.3) is 0 Å². The molecule has 9 heteroatoms. The molecular weight excluding hydrogens is 768 g/mol. The van der Waals surface area contributed by atoms with Gasteiger partial charge in [-0.3, -0.25) is 9.36 Å². The van der Waals surface area contributed by atoms with E-state index >= 15 is 0 Å². The molecule has 0 aliphatic heterocycles. The summed E-state index contributed by atoms with van der Waals surface area (Å²) in [6.07, 6.45) is 54.8. The van der Waals surface area contributed by atoms with E-state index < -0.39 is 26.6 Å². The molecule has 0 aromatic heterocycles. The highest BCUT2D eigenvalue weighted by Crippen LogP contribution is 2.38. The van der Waals surface area contributed by atoms with Gasteiger partial charge in [0.1, 0.15) is 13.2 Å². The van der Waals surface area contributed by atoms with Crippen molar-refractivity contribution in [2.75, 3.05) is 40.9 Å². The number of hydrogen-bond acceptors (Lipinski definition) is 6. The van der Waals surface area contributed by atoms with Crippen LogP contribution in [0.1, 0.15) is 219 Å². The molecule has 8 nitrogen and oxygen atoms in total. The van der Waals surface area contributed by atoms with Gasteiger partial charge in [0.15, 0.2) is 0 Å². The van der Waals surface area contributed by atoms with Crippen molar-refractivity contribution in [3.05, 3.63) is 48.6 Å². The standard InChI is InChI=1S/C51H97N2O6P/c1-6-8-10-12-14-16-18-19-20-21-22-23-24-25-26-27-28-29-30-31-32-33-35-37-39-41-43-45-51(55)52-49(48-59-60(56,57)58-47-46-53(3,4)5)50(54)44-42-40-38-36-34-17-15-13-11-9-7-2/h11,13,25-26,34,36,42,44,49-50,54H,6-10,12,14-24,27-33,35,37-41,43,45-48H2,1-5H3,(H-,52,55,56,57)/b13-11+,26-25-,36-34+,44-42+. The Morgan fingerprint density at radius 3 is 1.42 bits per heavy atom. The van der Waals surface area contributed by atoms with Crippen molar-refractivity contribution in [2.45, 2.75) is 231 Å². The Hall–Kier alpha value is -1.54. The van der Waals surface area contributed by atoms with Crippen LogP contribution in [-0.2, 0) is 18.4 Å². The van der Waals surface area contributed by atoms with Gasteiger partial charge in [-0.2, -0.15) is 0 Å². The Morgan fingerprint density at radius 2 is 0.967 bits per heavy atom. The number of amides is 1. The Bertz CT molecular complexity index is 1120. The van der Waals surface area contributed by atoms with Gasteiger partial charge in [-0.05, 0) is 64.2 Å². The third-order valence-electron chi connectivity index (χ3n) is 11.0. The maximum atomic E-state index is 12.9. The number of carbonyl (C=O) groups is 1. The van der Waals surface area contributed by atoms with Crippen molar-refractivity contribution in [3.63, 3.8) is 0 Å². The second-order valence-electron chi connectivity index (χ2n) is 18.1. The second-order valence-corrected chi connectivity index (χ2v) is 19.6. The van der Waals surface area contributed by atoms with Crippen molar-refractivity contribution >= 4 is 13.7 Å². The smallest absolute Gasteiger partial charge is 0.268 e. The lowest BCUT2D eigenvalue weighted by atomic mass is 10.0. The zero-order valence-corrected chi connectivity index (χ0v) is 40.8. The minimum atomic E-state index is -4.60. The summed E-state index contributed by atoms with van der Waals surface area (Å²) < 4.78 is 23.2. The molecule has 352 valence electrons. The molecule has 0 spiro atoms.